The molecule has 27 heteroatoms. The van der Waals surface area contributed by atoms with Crippen molar-refractivity contribution in [3.05, 3.63) is 29.8 Å². The molecule has 1 aromatic carbocycles. The summed E-state index contributed by atoms with van der Waals surface area (Å²) in [5.74, 6) is -54.0. The largest absolute Gasteiger partial charge is 0.455 e. The number of nitrogens with zero attached hydrogens (tertiary/aromatic N) is 1. The second-order valence-electron chi connectivity index (χ2n) is 10.5. The zero-order valence-electron chi connectivity index (χ0n) is 22.7. The lowest BCUT2D eigenvalue weighted by Crippen LogP contribution is -2.75. The number of fused-ring (bicyclic) bond motifs is 2. The van der Waals surface area contributed by atoms with Crippen molar-refractivity contribution in [2.45, 2.75) is 89.5 Å². The van der Waals surface area contributed by atoms with Crippen LogP contribution in [-0.4, -0.2) is 72.6 Å². The fraction of sp³-hybridized carbons (Fsp3) is 0.682. The number of alkyl halides is 21. The number of halogens is 21. The Morgan fingerprint density at radius 2 is 1.04 bits per heavy atom. The molecule has 0 bridgehead atoms. The van der Waals surface area contributed by atoms with E-state index in [-0.39, 0.29) is 36.9 Å². The average Bonchev–Trinajstić information content (AvgIpc) is 3.52. The van der Waals surface area contributed by atoms with Gasteiger partial charge in [-0.2, -0.15) is 96.2 Å². The van der Waals surface area contributed by atoms with E-state index in [0.717, 1.165) is 0 Å². The molecule has 282 valence electrons. The summed E-state index contributed by atoms with van der Waals surface area (Å²) in [7, 11) is -7.42. The van der Waals surface area contributed by atoms with Gasteiger partial charge in [-0.05, 0) is 36.1 Å². The molecule has 0 saturated heterocycles. The normalized spacial score (nSPS) is 19.8. The van der Waals surface area contributed by atoms with E-state index in [0.29, 0.717) is 0 Å². The van der Waals surface area contributed by atoms with Gasteiger partial charge in [0.2, 0.25) is 0 Å². The van der Waals surface area contributed by atoms with Gasteiger partial charge in [-0.3, -0.25) is 0 Å². The first-order chi connectivity index (χ1) is 21.5. The second kappa shape index (κ2) is 11.2. The van der Waals surface area contributed by atoms with Crippen LogP contribution in [0.5, 0.6) is 0 Å². The lowest BCUT2D eigenvalue weighted by molar-refractivity contribution is -0.503. The van der Waals surface area contributed by atoms with Crippen LogP contribution in [0.15, 0.2) is 28.7 Å². The third kappa shape index (κ3) is 5.46. The minimum atomic E-state index is -9.13. The molecule has 1 heterocycles. The Balaban J connectivity index is 2.04. The third-order valence-electron chi connectivity index (χ3n) is 7.43. The Labute approximate surface area is 263 Å². The third-order valence-corrected chi connectivity index (χ3v) is 8.98. The summed E-state index contributed by atoms with van der Waals surface area (Å²) in [5, 5.41) is -12.3. The molecule has 2 aliphatic rings. The van der Waals surface area contributed by atoms with Crippen molar-refractivity contribution in [3.63, 3.8) is 0 Å². The molecular weight excluding hydrogens is 788 g/mol. The van der Waals surface area contributed by atoms with Crippen LogP contribution in [0.3, 0.4) is 0 Å². The highest BCUT2D eigenvalue weighted by Gasteiger charge is 2.95. The van der Waals surface area contributed by atoms with Crippen LogP contribution in [0.4, 0.5) is 93.5 Å². The fourth-order valence-corrected chi connectivity index (χ4v) is 5.78. The maximum Gasteiger partial charge on any atom is 0.455 e. The van der Waals surface area contributed by atoms with Crippen LogP contribution >= 0.6 is 11.6 Å². The maximum atomic E-state index is 14.6. The number of sulfonamides is 1. The van der Waals surface area contributed by atoms with Gasteiger partial charge in [0.1, 0.15) is 5.84 Å². The van der Waals surface area contributed by atoms with Crippen LogP contribution in [0.1, 0.15) is 31.2 Å². The van der Waals surface area contributed by atoms with Gasteiger partial charge in [0.25, 0.3) is 0 Å². The van der Waals surface area contributed by atoms with Crippen molar-refractivity contribution in [2.24, 2.45) is 4.40 Å². The number of para-hydroxylation sites is 1. The Kier molecular flexibility index (Phi) is 9.39. The summed E-state index contributed by atoms with van der Waals surface area (Å²) >= 11 is 3.37. The number of rotatable bonds is 12. The Hall–Kier alpha value is -2.51. The number of anilines is 1. The molecule has 49 heavy (non-hydrogen) atoms. The predicted octanol–water partition coefficient (Wildman–Crippen LogP) is 9.09. The molecule has 1 aliphatic heterocycles. The Bertz CT molecular complexity index is 1590. The molecule has 1 aliphatic carbocycles. The standard InChI is InChI=1S/C22H13ClF20N2O3S/c23-19(36,37)17(32,33)15(28,29)13(24,25)14(26,27)16(30,31)18(34,35)20(38,39)48-21(40,41)22(42,43)49(46,47)45-11-12(7-3-4-8-12)9-5-1-2-6-10(9)44-11/h1-2,5-6H,3-4,7-8H2,(H,44,45). The van der Waals surface area contributed by atoms with Crippen LogP contribution in [0, 0.1) is 0 Å². The van der Waals surface area contributed by atoms with Crippen molar-refractivity contribution in [1.29, 1.82) is 0 Å². The molecule has 3 rings (SSSR count). The smallest absolute Gasteiger partial charge is 0.342 e. The molecule has 1 fully saturated rings. The molecule has 1 saturated carbocycles. The van der Waals surface area contributed by atoms with Gasteiger partial charge >= 0.3 is 68.4 Å². The molecular formula is C22H13ClF20N2O3S. The minimum absolute atomic E-state index is 0.0473. The number of hydrogen-bond acceptors (Lipinski definition) is 3. The van der Waals surface area contributed by atoms with Gasteiger partial charge in [-0.1, -0.05) is 31.0 Å². The Morgan fingerprint density at radius 3 is 1.49 bits per heavy atom. The molecule has 5 nitrogen and oxygen atoms in total. The van der Waals surface area contributed by atoms with Gasteiger partial charge in [-0.15, -0.1) is 4.40 Å². The van der Waals surface area contributed by atoms with Crippen molar-refractivity contribution < 1.29 is 101 Å². The zero-order valence-corrected chi connectivity index (χ0v) is 24.2. The van der Waals surface area contributed by atoms with E-state index in [9.17, 15) is 96.2 Å². The lowest BCUT2D eigenvalue weighted by Gasteiger charge is -2.43. The van der Waals surface area contributed by atoms with Crippen LogP contribution in [0.2, 0.25) is 0 Å². The van der Waals surface area contributed by atoms with Crippen LogP contribution in [0.25, 0.3) is 0 Å². The maximum absolute atomic E-state index is 14.6. The molecule has 1 aromatic rings. The van der Waals surface area contributed by atoms with Crippen molar-refractivity contribution in [2.75, 3.05) is 5.32 Å². The average molecular weight is 801 g/mol. The predicted molar refractivity (Wildman–Crippen MR) is 123 cm³/mol. The second-order valence-corrected chi connectivity index (χ2v) is 12.6. The van der Waals surface area contributed by atoms with E-state index in [1.54, 1.807) is 0 Å². The number of nitrogens with one attached hydrogen (secondary N) is 1. The highest BCUT2D eigenvalue weighted by molar-refractivity contribution is 7.91. The first-order valence-electron chi connectivity index (χ1n) is 12.4. The SMILES string of the molecule is O=S(=O)(/N=C1\Nc2ccccc2C12CCCC2)C(F)(F)C(F)(F)OC(F)(F)C(F)(F)C(F)(F)C(F)(F)C(F)(F)C(F)(F)C(F)(F)C(F)(F)Cl. The highest BCUT2D eigenvalue weighted by atomic mass is 35.5. The lowest BCUT2D eigenvalue weighted by atomic mass is 9.80. The van der Waals surface area contributed by atoms with Gasteiger partial charge in [0.05, 0.1) is 5.41 Å². The number of hydrogen-bond donors (Lipinski definition) is 1. The number of benzene rings is 1. The van der Waals surface area contributed by atoms with E-state index < -0.39 is 79.7 Å². The molecule has 0 amide bonds. The first-order valence-corrected chi connectivity index (χ1v) is 14.2. The summed E-state index contributed by atoms with van der Waals surface area (Å²) < 4.78 is 304. The minimum Gasteiger partial charge on any atom is -0.342 e. The summed E-state index contributed by atoms with van der Waals surface area (Å²) in [6.45, 7) is 0. The quantitative estimate of drug-likeness (QED) is 0.169. The van der Waals surface area contributed by atoms with E-state index in [2.05, 4.69) is 21.3 Å². The number of ether oxygens (including phenoxy) is 1. The van der Waals surface area contributed by atoms with Gasteiger partial charge in [0, 0.05) is 5.69 Å². The molecule has 0 atom stereocenters. The molecule has 0 unspecified atom stereocenters. The van der Waals surface area contributed by atoms with Crippen LogP contribution < -0.4 is 5.32 Å². The van der Waals surface area contributed by atoms with E-state index in [4.69, 9.17) is 0 Å². The van der Waals surface area contributed by atoms with Gasteiger partial charge in [0.15, 0.2) is 0 Å². The molecule has 1 N–H and O–H groups in total. The number of amidine groups is 1. The zero-order chi connectivity index (χ0) is 38.5. The Morgan fingerprint density at radius 1 is 0.633 bits per heavy atom. The summed E-state index contributed by atoms with van der Waals surface area (Å²) in [6, 6.07) is 5.12. The van der Waals surface area contributed by atoms with E-state index in [1.807, 2.05) is 0 Å². The fourth-order valence-electron chi connectivity index (χ4n) is 4.74. The van der Waals surface area contributed by atoms with Crippen molar-refractivity contribution in [1.82, 2.24) is 0 Å². The highest BCUT2D eigenvalue weighted by Crippen LogP contribution is 2.65. The summed E-state index contributed by atoms with van der Waals surface area (Å²) in [5.41, 5.74) is -1.54. The molecule has 0 aromatic heterocycles. The van der Waals surface area contributed by atoms with Crippen molar-refractivity contribution >= 4 is 33.1 Å². The van der Waals surface area contributed by atoms with E-state index >= 15 is 0 Å². The first kappa shape index (κ1) is 40.9. The van der Waals surface area contributed by atoms with Gasteiger partial charge in [-0.25, -0.2) is 4.74 Å². The van der Waals surface area contributed by atoms with Crippen molar-refractivity contribution in [3.8, 4) is 0 Å². The monoisotopic (exact) mass is 800 g/mol. The summed E-state index contributed by atoms with van der Waals surface area (Å²) in [4.78, 5) is 0. The topological polar surface area (TPSA) is 67.8 Å². The van der Waals surface area contributed by atoms with Gasteiger partial charge < -0.3 is 5.32 Å². The summed E-state index contributed by atoms with van der Waals surface area (Å²) in [6.07, 6.45) is -16.0. The van der Waals surface area contributed by atoms with E-state index in [1.165, 1.54) is 29.0 Å². The molecule has 0 radical (unpaired) electrons. The van der Waals surface area contributed by atoms with Crippen LogP contribution in [-0.2, 0) is 20.2 Å². The molecule has 1 spiro atoms.